The Labute approximate surface area is 99.5 Å². The summed E-state index contributed by atoms with van der Waals surface area (Å²) >= 11 is 0. The van der Waals surface area contributed by atoms with E-state index >= 15 is 0 Å². The van der Waals surface area contributed by atoms with Crippen molar-refractivity contribution in [1.29, 1.82) is 5.26 Å². The first-order valence-electron chi connectivity index (χ1n) is 5.69. The maximum atomic E-state index is 10.2. The van der Waals surface area contributed by atoms with Crippen LogP contribution in [0.15, 0.2) is 23.9 Å². The molecule has 0 bridgehead atoms. The summed E-state index contributed by atoms with van der Waals surface area (Å²) in [6.07, 6.45) is 4.69. The van der Waals surface area contributed by atoms with Crippen molar-refractivity contribution >= 4 is 0 Å². The van der Waals surface area contributed by atoms with Crippen molar-refractivity contribution in [3.8, 4) is 6.07 Å². The number of aliphatic hydroxyl groups is 1. The van der Waals surface area contributed by atoms with E-state index in [9.17, 15) is 5.11 Å². The molecule has 0 aromatic carbocycles. The zero-order chi connectivity index (χ0) is 12.0. The van der Waals surface area contributed by atoms with E-state index in [1.807, 2.05) is 19.1 Å². The highest BCUT2D eigenvalue weighted by molar-refractivity contribution is 5.30. The highest BCUT2D eigenvalue weighted by Gasteiger charge is 2.52. The number of hydrogen-bond donors (Lipinski definition) is 1. The normalized spacial score (nSPS) is 38.1. The number of nitrogens with zero attached hydrogens (tertiary/aromatic N) is 2. The van der Waals surface area contributed by atoms with Gasteiger partial charge in [0.05, 0.1) is 19.3 Å². The molecule has 0 amide bonds. The molecular weight excluding hydrogens is 220 g/mol. The van der Waals surface area contributed by atoms with E-state index in [1.165, 1.54) is 0 Å². The number of nitriles is 1. The van der Waals surface area contributed by atoms with Gasteiger partial charge in [0, 0.05) is 6.20 Å². The standard InChI is InChI=1S/C12H14N2O3/c1-8-6-10-12(16-4-5-17-12)2-3-14(10)11(15)9(8)7-13/h2-3,6,9-11,15H,4-5H2,1H3/t9-,10+,11+/m1/s1. The SMILES string of the molecule is CC1=C[C@@H]2N(C=CC23OCCO3)[C@@H](O)[C@@H]1C#N. The van der Waals surface area contributed by atoms with Crippen LogP contribution >= 0.6 is 0 Å². The van der Waals surface area contributed by atoms with Crippen LogP contribution in [0.4, 0.5) is 0 Å². The van der Waals surface area contributed by atoms with E-state index < -0.39 is 17.9 Å². The summed E-state index contributed by atoms with van der Waals surface area (Å²) < 4.78 is 11.3. The molecule has 1 spiro atoms. The minimum atomic E-state index is -0.835. The average molecular weight is 234 g/mol. The van der Waals surface area contributed by atoms with Crippen LogP contribution in [0, 0.1) is 17.2 Å². The maximum Gasteiger partial charge on any atom is 0.214 e. The molecule has 3 aliphatic rings. The van der Waals surface area contributed by atoms with Crippen LogP contribution in [-0.2, 0) is 9.47 Å². The van der Waals surface area contributed by atoms with Gasteiger partial charge in [-0.25, -0.2) is 0 Å². The van der Waals surface area contributed by atoms with Crippen LogP contribution < -0.4 is 0 Å². The van der Waals surface area contributed by atoms with E-state index in [-0.39, 0.29) is 6.04 Å². The minimum absolute atomic E-state index is 0.176. The topological polar surface area (TPSA) is 65.7 Å². The largest absolute Gasteiger partial charge is 0.372 e. The minimum Gasteiger partial charge on any atom is -0.372 e. The summed E-state index contributed by atoms with van der Waals surface area (Å²) in [5.74, 6) is -1.27. The second kappa shape index (κ2) is 3.57. The molecule has 3 atom stereocenters. The summed E-state index contributed by atoms with van der Waals surface area (Å²) in [6, 6.07) is 1.94. The van der Waals surface area contributed by atoms with Gasteiger partial charge in [-0.05, 0) is 13.0 Å². The molecule has 0 radical (unpaired) electrons. The van der Waals surface area contributed by atoms with Crippen LogP contribution in [0.3, 0.4) is 0 Å². The lowest BCUT2D eigenvalue weighted by Gasteiger charge is -2.40. The predicted molar refractivity (Wildman–Crippen MR) is 58.3 cm³/mol. The summed E-state index contributed by atoms with van der Waals surface area (Å²) in [5, 5.41) is 19.2. The quantitative estimate of drug-likeness (QED) is 0.612. The van der Waals surface area contributed by atoms with Crippen molar-refractivity contribution in [2.45, 2.75) is 25.0 Å². The predicted octanol–water partition coefficient (Wildman–Crippen LogP) is 0.345. The van der Waals surface area contributed by atoms with Gasteiger partial charge in [0.15, 0.2) is 0 Å². The van der Waals surface area contributed by atoms with Gasteiger partial charge in [0.2, 0.25) is 5.79 Å². The number of hydrogen-bond acceptors (Lipinski definition) is 5. The molecule has 3 aliphatic heterocycles. The Balaban J connectivity index is 1.99. The van der Waals surface area contributed by atoms with E-state index in [0.717, 1.165) is 5.57 Å². The van der Waals surface area contributed by atoms with E-state index in [0.29, 0.717) is 13.2 Å². The molecule has 0 aromatic rings. The first-order chi connectivity index (χ1) is 8.18. The van der Waals surface area contributed by atoms with Crippen LogP contribution in [0.25, 0.3) is 0 Å². The lowest BCUT2D eigenvalue weighted by Crippen LogP contribution is -2.53. The van der Waals surface area contributed by atoms with E-state index in [1.54, 1.807) is 11.1 Å². The van der Waals surface area contributed by atoms with E-state index in [2.05, 4.69) is 6.07 Å². The van der Waals surface area contributed by atoms with Crippen LogP contribution in [0.5, 0.6) is 0 Å². The highest BCUT2D eigenvalue weighted by atomic mass is 16.7. The van der Waals surface area contributed by atoms with Crippen LogP contribution in [0.2, 0.25) is 0 Å². The lowest BCUT2D eigenvalue weighted by molar-refractivity contribution is -0.157. The van der Waals surface area contributed by atoms with Gasteiger partial charge in [-0.1, -0.05) is 11.6 Å². The molecule has 17 heavy (non-hydrogen) atoms. The molecule has 1 fully saturated rings. The third-order valence-electron chi connectivity index (χ3n) is 3.61. The van der Waals surface area contributed by atoms with Crippen molar-refractivity contribution in [2.24, 2.45) is 5.92 Å². The van der Waals surface area contributed by atoms with Crippen LogP contribution in [-0.4, -0.2) is 41.3 Å². The fraction of sp³-hybridized carbons (Fsp3) is 0.583. The van der Waals surface area contributed by atoms with Gasteiger partial charge in [-0.2, -0.15) is 5.26 Å². The molecule has 5 nitrogen and oxygen atoms in total. The zero-order valence-corrected chi connectivity index (χ0v) is 9.54. The molecule has 0 aliphatic carbocycles. The van der Waals surface area contributed by atoms with Gasteiger partial charge in [0.1, 0.15) is 18.2 Å². The zero-order valence-electron chi connectivity index (χ0n) is 9.54. The number of rotatable bonds is 0. The fourth-order valence-corrected chi connectivity index (χ4v) is 2.68. The van der Waals surface area contributed by atoms with Crippen molar-refractivity contribution in [1.82, 2.24) is 4.90 Å². The summed E-state index contributed by atoms with van der Waals surface area (Å²) in [6.45, 7) is 2.97. The summed E-state index contributed by atoms with van der Waals surface area (Å²) in [4.78, 5) is 1.73. The molecule has 0 aromatic heterocycles. The Hall–Kier alpha value is -1.35. The third-order valence-corrected chi connectivity index (χ3v) is 3.61. The van der Waals surface area contributed by atoms with Crippen molar-refractivity contribution in [3.63, 3.8) is 0 Å². The van der Waals surface area contributed by atoms with Gasteiger partial charge in [0.25, 0.3) is 0 Å². The molecule has 0 saturated carbocycles. The number of fused-ring (bicyclic) bond motifs is 2. The molecule has 0 unspecified atom stereocenters. The molecule has 5 heteroatoms. The summed E-state index contributed by atoms with van der Waals surface area (Å²) in [7, 11) is 0. The Kier molecular flexibility index (Phi) is 2.26. The molecule has 3 heterocycles. The second-order valence-corrected chi connectivity index (χ2v) is 4.56. The van der Waals surface area contributed by atoms with Crippen LogP contribution in [0.1, 0.15) is 6.92 Å². The summed E-state index contributed by atoms with van der Waals surface area (Å²) in [5.41, 5.74) is 0.864. The van der Waals surface area contributed by atoms with Gasteiger partial charge in [-0.15, -0.1) is 0 Å². The first-order valence-corrected chi connectivity index (χ1v) is 5.69. The molecule has 3 rings (SSSR count). The average Bonchev–Trinajstić information content (AvgIpc) is 2.90. The van der Waals surface area contributed by atoms with Crippen molar-refractivity contribution in [3.05, 3.63) is 23.9 Å². The number of ether oxygens (including phenoxy) is 2. The van der Waals surface area contributed by atoms with Gasteiger partial charge < -0.3 is 19.5 Å². The monoisotopic (exact) mass is 234 g/mol. The Morgan fingerprint density at radius 2 is 2.24 bits per heavy atom. The molecule has 1 N–H and O–H groups in total. The lowest BCUT2D eigenvalue weighted by atomic mass is 9.90. The van der Waals surface area contributed by atoms with E-state index in [4.69, 9.17) is 14.7 Å². The van der Waals surface area contributed by atoms with Crippen molar-refractivity contribution in [2.75, 3.05) is 13.2 Å². The second-order valence-electron chi connectivity index (χ2n) is 4.56. The van der Waals surface area contributed by atoms with Crippen molar-refractivity contribution < 1.29 is 14.6 Å². The fourth-order valence-electron chi connectivity index (χ4n) is 2.68. The first kappa shape index (κ1) is 10.8. The highest BCUT2D eigenvalue weighted by Crippen LogP contribution is 2.40. The Morgan fingerprint density at radius 3 is 2.88 bits per heavy atom. The Bertz CT molecular complexity index is 432. The maximum absolute atomic E-state index is 10.2. The smallest absolute Gasteiger partial charge is 0.214 e. The van der Waals surface area contributed by atoms with Gasteiger partial charge in [-0.3, -0.25) is 0 Å². The molecular formula is C12H14N2O3. The third kappa shape index (κ3) is 1.35. The molecule has 90 valence electrons. The molecule has 1 saturated heterocycles. The Morgan fingerprint density at radius 1 is 1.53 bits per heavy atom. The number of aliphatic hydroxyl groups excluding tert-OH is 1. The van der Waals surface area contributed by atoms with Gasteiger partial charge >= 0.3 is 0 Å².